The first-order valence-corrected chi connectivity index (χ1v) is 5.54. The normalized spacial score (nSPS) is 16.4. The molecule has 18 heavy (non-hydrogen) atoms. The summed E-state index contributed by atoms with van der Waals surface area (Å²) in [5, 5.41) is 2.61. The fourth-order valence-electron chi connectivity index (χ4n) is 1.87. The van der Waals surface area contributed by atoms with Gasteiger partial charge >= 0.3 is 0 Å². The van der Waals surface area contributed by atoms with Gasteiger partial charge in [-0.15, -0.1) is 0 Å². The Morgan fingerprint density at radius 3 is 2.61 bits per heavy atom. The summed E-state index contributed by atoms with van der Waals surface area (Å²) in [5.74, 6) is -2.59. The van der Waals surface area contributed by atoms with Crippen molar-refractivity contribution >= 4 is 11.7 Å². The maximum Gasteiger partial charge on any atom is 0.234 e. The Labute approximate surface area is 103 Å². The third-order valence-corrected chi connectivity index (χ3v) is 2.73. The molecule has 0 unspecified atom stereocenters. The zero-order chi connectivity index (χ0) is 13.1. The molecular weight excluding hydrogens is 242 g/mol. The number of Topliss-reactive ketones (excluding diaryl/α,β-unsaturated/α-hetero) is 1. The van der Waals surface area contributed by atoms with E-state index in [4.69, 9.17) is 0 Å². The number of amides is 1. The zero-order valence-electron chi connectivity index (χ0n) is 9.58. The van der Waals surface area contributed by atoms with E-state index in [2.05, 4.69) is 5.32 Å². The average molecular weight is 254 g/mol. The quantitative estimate of drug-likeness (QED) is 0.803. The van der Waals surface area contributed by atoms with Crippen molar-refractivity contribution in [2.24, 2.45) is 0 Å². The number of carbonyl (C=O) groups excluding carboxylic acids is 2. The van der Waals surface area contributed by atoms with E-state index in [1.54, 1.807) is 4.90 Å². The molecule has 2 rings (SSSR count). The fourth-order valence-corrected chi connectivity index (χ4v) is 1.87. The van der Waals surface area contributed by atoms with Crippen LogP contribution in [0.2, 0.25) is 0 Å². The molecular formula is C12H12F2N2O2. The summed E-state index contributed by atoms with van der Waals surface area (Å²) in [6.45, 7) is 0.840. The summed E-state index contributed by atoms with van der Waals surface area (Å²) in [7, 11) is 0. The van der Waals surface area contributed by atoms with E-state index in [9.17, 15) is 18.4 Å². The zero-order valence-corrected chi connectivity index (χ0v) is 9.58. The van der Waals surface area contributed by atoms with Crippen LogP contribution in [0.3, 0.4) is 0 Å². The number of halogens is 2. The number of rotatable bonds is 3. The molecule has 0 atom stereocenters. The lowest BCUT2D eigenvalue weighted by Gasteiger charge is -2.25. The number of ketones is 1. The number of nitrogens with zero attached hydrogens (tertiary/aromatic N) is 1. The van der Waals surface area contributed by atoms with Crippen molar-refractivity contribution in [2.75, 3.05) is 26.2 Å². The van der Waals surface area contributed by atoms with E-state index >= 15 is 0 Å². The van der Waals surface area contributed by atoms with Crippen molar-refractivity contribution in [1.82, 2.24) is 10.2 Å². The third kappa shape index (κ3) is 2.70. The standard InChI is InChI=1S/C12H12F2N2O2/c13-8-2-1-3-9(14)12(8)10(17)6-16-5-4-15-11(18)7-16/h1-3H,4-7H2,(H,15,18). The minimum Gasteiger partial charge on any atom is -0.354 e. The number of hydrogen-bond acceptors (Lipinski definition) is 3. The molecule has 0 bridgehead atoms. The molecule has 1 amide bonds. The Hall–Kier alpha value is -1.82. The minimum atomic E-state index is -0.874. The van der Waals surface area contributed by atoms with E-state index in [0.717, 1.165) is 12.1 Å². The Morgan fingerprint density at radius 1 is 1.33 bits per heavy atom. The highest BCUT2D eigenvalue weighted by Gasteiger charge is 2.22. The molecule has 0 radical (unpaired) electrons. The van der Waals surface area contributed by atoms with Gasteiger partial charge in [0, 0.05) is 13.1 Å². The van der Waals surface area contributed by atoms with Crippen molar-refractivity contribution < 1.29 is 18.4 Å². The highest BCUT2D eigenvalue weighted by Crippen LogP contribution is 2.13. The van der Waals surface area contributed by atoms with Crippen LogP contribution in [0.25, 0.3) is 0 Å². The van der Waals surface area contributed by atoms with Crippen LogP contribution < -0.4 is 5.32 Å². The van der Waals surface area contributed by atoms with Gasteiger partial charge in [0.2, 0.25) is 5.91 Å². The van der Waals surface area contributed by atoms with Crippen LogP contribution in [-0.4, -0.2) is 42.8 Å². The van der Waals surface area contributed by atoms with Crippen LogP contribution in [0.5, 0.6) is 0 Å². The second-order valence-corrected chi connectivity index (χ2v) is 4.08. The molecule has 1 fully saturated rings. The summed E-state index contributed by atoms with van der Waals surface area (Å²) < 4.78 is 26.7. The van der Waals surface area contributed by atoms with Gasteiger partial charge in [-0.25, -0.2) is 8.78 Å². The summed E-state index contributed by atoms with van der Waals surface area (Å²) in [5.41, 5.74) is -0.538. The Bertz CT molecular complexity index is 471. The smallest absolute Gasteiger partial charge is 0.234 e. The van der Waals surface area contributed by atoms with Crippen molar-refractivity contribution in [2.45, 2.75) is 0 Å². The van der Waals surface area contributed by atoms with Crippen molar-refractivity contribution in [1.29, 1.82) is 0 Å². The molecule has 0 spiro atoms. The van der Waals surface area contributed by atoms with Crippen molar-refractivity contribution in [3.63, 3.8) is 0 Å². The minimum absolute atomic E-state index is 0.0712. The molecule has 0 aliphatic carbocycles. The summed E-state index contributed by atoms with van der Waals surface area (Å²) in [6, 6.07) is 3.29. The van der Waals surface area contributed by atoms with Gasteiger partial charge in [0.25, 0.3) is 0 Å². The van der Waals surface area contributed by atoms with E-state index in [-0.39, 0.29) is 19.0 Å². The maximum atomic E-state index is 13.4. The molecule has 0 aromatic heterocycles. The lowest BCUT2D eigenvalue weighted by Crippen LogP contribution is -2.49. The van der Waals surface area contributed by atoms with Crippen molar-refractivity contribution in [3.05, 3.63) is 35.4 Å². The number of nitrogens with one attached hydrogen (secondary N) is 1. The summed E-state index contributed by atoms with van der Waals surface area (Å²) in [4.78, 5) is 24.5. The van der Waals surface area contributed by atoms with E-state index < -0.39 is 23.0 Å². The van der Waals surface area contributed by atoms with Gasteiger partial charge in [0.05, 0.1) is 18.7 Å². The largest absolute Gasteiger partial charge is 0.354 e. The molecule has 1 aromatic rings. The van der Waals surface area contributed by atoms with E-state index in [1.807, 2.05) is 0 Å². The number of hydrogen-bond donors (Lipinski definition) is 1. The van der Waals surface area contributed by atoms with Crippen LogP contribution in [0, 0.1) is 11.6 Å². The first-order chi connectivity index (χ1) is 8.58. The number of carbonyl (C=O) groups is 2. The van der Waals surface area contributed by atoms with Gasteiger partial charge in [0.15, 0.2) is 5.78 Å². The lowest BCUT2D eigenvalue weighted by atomic mass is 10.1. The molecule has 1 heterocycles. The molecule has 1 aliphatic heterocycles. The Kier molecular flexibility index (Phi) is 3.66. The van der Waals surface area contributed by atoms with Crippen LogP contribution in [0.15, 0.2) is 18.2 Å². The second kappa shape index (κ2) is 5.22. The van der Waals surface area contributed by atoms with Gasteiger partial charge in [0.1, 0.15) is 11.6 Å². The second-order valence-electron chi connectivity index (χ2n) is 4.08. The molecule has 4 nitrogen and oxygen atoms in total. The first-order valence-electron chi connectivity index (χ1n) is 5.54. The molecule has 1 aromatic carbocycles. The topological polar surface area (TPSA) is 49.4 Å². The first kappa shape index (κ1) is 12.6. The van der Waals surface area contributed by atoms with Crippen LogP contribution in [0.4, 0.5) is 8.78 Å². The van der Waals surface area contributed by atoms with Gasteiger partial charge in [-0.05, 0) is 12.1 Å². The van der Waals surface area contributed by atoms with Crippen LogP contribution in [-0.2, 0) is 4.79 Å². The summed E-state index contributed by atoms with van der Waals surface area (Å²) in [6.07, 6.45) is 0. The highest BCUT2D eigenvalue weighted by molar-refractivity contribution is 5.98. The monoisotopic (exact) mass is 254 g/mol. The summed E-state index contributed by atoms with van der Waals surface area (Å²) >= 11 is 0. The molecule has 1 aliphatic rings. The maximum absolute atomic E-state index is 13.4. The Balaban J connectivity index is 2.10. The molecule has 0 saturated carbocycles. The van der Waals surface area contributed by atoms with Crippen molar-refractivity contribution in [3.8, 4) is 0 Å². The molecule has 1 saturated heterocycles. The molecule has 96 valence electrons. The average Bonchev–Trinajstić information content (AvgIpc) is 2.28. The number of benzene rings is 1. The van der Waals surface area contributed by atoms with Gasteiger partial charge in [-0.3, -0.25) is 14.5 Å². The predicted octanol–water partition coefficient (Wildman–Crippen LogP) is 0.579. The SMILES string of the molecule is O=C1CN(CC(=O)c2c(F)cccc2F)CCN1. The molecule has 6 heteroatoms. The molecule has 1 N–H and O–H groups in total. The number of piperazine rings is 1. The lowest BCUT2D eigenvalue weighted by molar-refractivity contribution is -0.123. The van der Waals surface area contributed by atoms with Gasteiger partial charge in [-0.1, -0.05) is 6.07 Å². The van der Waals surface area contributed by atoms with E-state index in [0.29, 0.717) is 13.1 Å². The van der Waals surface area contributed by atoms with Gasteiger partial charge in [-0.2, -0.15) is 0 Å². The highest BCUT2D eigenvalue weighted by atomic mass is 19.1. The van der Waals surface area contributed by atoms with E-state index in [1.165, 1.54) is 6.07 Å². The third-order valence-electron chi connectivity index (χ3n) is 2.73. The Morgan fingerprint density at radius 2 is 2.00 bits per heavy atom. The fraction of sp³-hybridized carbons (Fsp3) is 0.333. The predicted molar refractivity (Wildman–Crippen MR) is 60.1 cm³/mol. The van der Waals surface area contributed by atoms with Crippen LogP contribution in [0.1, 0.15) is 10.4 Å². The van der Waals surface area contributed by atoms with Crippen LogP contribution >= 0.6 is 0 Å². The van der Waals surface area contributed by atoms with Gasteiger partial charge < -0.3 is 5.32 Å².